The van der Waals surface area contributed by atoms with E-state index in [1.165, 1.54) is 27.8 Å². The summed E-state index contributed by atoms with van der Waals surface area (Å²) in [4.78, 5) is 2.24. The molecule has 0 radical (unpaired) electrons. The number of alkyl halides is 3. The summed E-state index contributed by atoms with van der Waals surface area (Å²) >= 11 is -1.45. The van der Waals surface area contributed by atoms with Crippen LogP contribution in [0.5, 0.6) is 5.75 Å². The highest BCUT2D eigenvalue weighted by atomic mass is 32.2. The number of hydrogen-bond donors (Lipinski definition) is 2. The number of aromatic hydroxyl groups is 1. The molecule has 0 fully saturated rings. The van der Waals surface area contributed by atoms with Crippen molar-refractivity contribution in [3.63, 3.8) is 0 Å². The molecule has 0 saturated carbocycles. The van der Waals surface area contributed by atoms with Crippen LogP contribution in [0, 0.1) is 0 Å². The van der Waals surface area contributed by atoms with Crippen LogP contribution in [0.3, 0.4) is 0 Å². The molecule has 0 saturated heterocycles. The van der Waals surface area contributed by atoms with Crippen molar-refractivity contribution in [3.8, 4) is 5.75 Å². The zero-order chi connectivity index (χ0) is 28.8. The van der Waals surface area contributed by atoms with Gasteiger partial charge in [-0.1, -0.05) is 60.4 Å². The Kier molecular flexibility index (Phi) is 13.9. The molecule has 4 nitrogen and oxygen atoms in total. The van der Waals surface area contributed by atoms with Crippen molar-refractivity contribution < 1.29 is 27.9 Å². The van der Waals surface area contributed by atoms with Crippen LogP contribution in [0.1, 0.15) is 80.9 Å². The summed E-state index contributed by atoms with van der Waals surface area (Å²) in [5.41, 5.74) is 6.56. The van der Waals surface area contributed by atoms with Gasteiger partial charge in [0.05, 0.1) is 6.42 Å². The number of rotatable bonds is 17. The molecular formula is C32H44F3NO3S. The molecule has 1 aliphatic carbocycles. The summed E-state index contributed by atoms with van der Waals surface area (Å²) in [6, 6.07) is 16.4. The molecule has 0 aliphatic heterocycles. The van der Waals surface area contributed by atoms with Gasteiger partial charge >= 0.3 is 6.18 Å². The van der Waals surface area contributed by atoms with E-state index in [1.54, 1.807) is 6.07 Å². The number of phenolic OH excluding ortho intramolecular Hbond substituents is 1. The topological polar surface area (TPSA) is 66.8 Å². The van der Waals surface area contributed by atoms with Crippen LogP contribution in [0.4, 0.5) is 13.2 Å². The second kappa shape index (κ2) is 17.1. The number of nitrogens with zero attached hydrogens (tertiary/aromatic N) is 1. The lowest BCUT2D eigenvalue weighted by Gasteiger charge is -2.22. The number of aliphatic hydroxyl groups excluding tert-OH is 1. The normalized spacial score (nSPS) is 14.8. The first kappa shape index (κ1) is 32.5. The Morgan fingerprint density at radius 3 is 2.33 bits per heavy atom. The molecule has 1 unspecified atom stereocenters. The molecule has 2 aromatic carbocycles. The highest BCUT2D eigenvalue weighted by Gasteiger charge is 2.29. The van der Waals surface area contributed by atoms with Gasteiger partial charge in [0, 0.05) is 26.1 Å². The number of benzene rings is 2. The summed E-state index contributed by atoms with van der Waals surface area (Å²) in [5.74, 6) is 0.275. The summed E-state index contributed by atoms with van der Waals surface area (Å²) in [6.07, 6.45) is 4.28. The summed E-state index contributed by atoms with van der Waals surface area (Å²) in [6.45, 7) is 2.40. The van der Waals surface area contributed by atoms with Gasteiger partial charge in [-0.2, -0.15) is 13.2 Å². The van der Waals surface area contributed by atoms with E-state index in [0.29, 0.717) is 25.1 Å². The third-order valence-corrected chi connectivity index (χ3v) is 8.92. The van der Waals surface area contributed by atoms with Gasteiger partial charge in [-0.25, -0.2) is 0 Å². The van der Waals surface area contributed by atoms with Crippen LogP contribution in [0.2, 0.25) is 0 Å². The molecule has 222 valence electrons. The van der Waals surface area contributed by atoms with Crippen molar-refractivity contribution in [3.05, 3.63) is 65.2 Å². The van der Waals surface area contributed by atoms with Crippen molar-refractivity contribution in [2.45, 2.75) is 76.8 Å². The first-order valence-corrected chi connectivity index (χ1v) is 16.1. The van der Waals surface area contributed by atoms with Gasteiger partial charge < -0.3 is 19.7 Å². The molecule has 2 N–H and O–H groups in total. The minimum absolute atomic E-state index is 0.103. The Hall–Kier alpha value is -2.00. The molecule has 0 spiro atoms. The lowest BCUT2D eigenvalue weighted by Crippen LogP contribution is -2.29. The van der Waals surface area contributed by atoms with E-state index in [1.807, 2.05) is 12.1 Å². The van der Waals surface area contributed by atoms with Gasteiger partial charge in [0.1, 0.15) is 17.3 Å². The molecule has 1 aliphatic rings. The standard InChI is InChI=1S/C32H44F3NO3S/c33-32(34,35)18-24-40(39)23-10-21-36(20-9-22-37)19-7-2-1-6-14-31-29(26-11-4-3-5-12-26)15-8-13-27-25-28(38)16-17-30(27)31/h3-5,11-12,16-17,25,37-38H,1-2,6-10,13-15,18-24H2. The molecule has 3 rings (SSSR count). The number of phenols is 1. The van der Waals surface area contributed by atoms with E-state index in [0.717, 1.165) is 64.5 Å². The maximum Gasteiger partial charge on any atom is 0.393 e. The predicted molar refractivity (Wildman–Crippen MR) is 159 cm³/mol. The van der Waals surface area contributed by atoms with E-state index < -0.39 is 23.8 Å². The smallest absolute Gasteiger partial charge is 0.393 e. The molecule has 2 aromatic rings. The van der Waals surface area contributed by atoms with Gasteiger partial charge in [0.15, 0.2) is 0 Å². The average molecular weight is 580 g/mol. The molecular weight excluding hydrogens is 535 g/mol. The Balaban J connectivity index is 1.49. The fraction of sp³-hybridized carbons (Fsp3) is 0.562. The van der Waals surface area contributed by atoms with Crippen LogP contribution < -0.4 is 0 Å². The number of fused-ring (bicyclic) bond motifs is 1. The van der Waals surface area contributed by atoms with Crippen molar-refractivity contribution in [2.24, 2.45) is 0 Å². The van der Waals surface area contributed by atoms with Gasteiger partial charge in [0.25, 0.3) is 0 Å². The van der Waals surface area contributed by atoms with Gasteiger partial charge in [-0.3, -0.25) is 0 Å². The molecule has 1 atom stereocenters. The number of aryl methyl sites for hydroxylation is 1. The lowest BCUT2D eigenvalue weighted by molar-refractivity contribution is -0.129. The van der Waals surface area contributed by atoms with Crippen molar-refractivity contribution in [1.82, 2.24) is 4.90 Å². The largest absolute Gasteiger partial charge is 0.616 e. The minimum atomic E-state index is -4.26. The zero-order valence-corrected chi connectivity index (χ0v) is 24.2. The average Bonchev–Trinajstić information content (AvgIpc) is 3.11. The van der Waals surface area contributed by atoms with Crippen molar-refractivity contribution in [1.29, 1.82) is 0 Å². The number of allylic oxidation sites excluding steroid dienone is 2. The quantitative estimate of drug-likeness (QED) is 0.152. The number of halogens is 3. The van der Waals surface area contributed by atoms with Crippen LogP contribution in [-0.2, 0) is 17.6 Å². The number of hydrogen-bond acceptors (Lipinski definition) is 4. The van der Waals surface area contributed by atoms with Crippen LogP contribution in [0.15, 0.2) is 48.5 Å². The monoisotopic (exact) mass is 579 g/mol. The Labute approximate surface area is 240 Å². The maximum atomic E-state index is 12.4. The van der Waals surface area contributed by atoms with Crippen molar-refractivity contribution >= 4 is 22.3 Å². The first-order valence-electron chi connectivity index (χ1n) is 14.6. The molecule has 0 bridgehead atoms. The van der Waals surface area contributed by atoms with E-state index >= 15 is 0 Å². The summed E-state index contributed by atoms with van der Waals surface area (Å²) in [5, 5.41) is 19.3. The van der Waals surface area contributed by atoms with Crippen LogP contribution in [0.25, 0.3) is 11.1 Å². The summed E-state index contributed by atoms with van der Waals surface area (Å²) < 4.78 is 49.0. The van der Waals surface area contributed by atoms with Gasteiger partial charge in [0.2, 0.25) is 0 Å². The van der Waals surface area contributed by atoms with E-state index in [4.69, 9.17) is 0 Å². The third kappa shape index (κ3) is 11.5. The number of aliphatic hydroxyl groups is 1. The maximum absolute atomic E-state index is 12.4. The lowest BCUT2D eigenvalue weighted by atomic mass is 9.89. The Morgan fingerprint density at radius 1 is 0.850 bits per heavy atom. The van der Waals surface area contributed by atoms with E-state index in [9.17, 15) is 27.9 Å². The third-order valence-electron chi connectivity index (χ3n) is 7.52. The highest BCUT2D eigenvalue weighted by Crippen LogP contribution is 2.39. The van der Waals surface area contributed by atoms with E-state index in [2.05, 4.69) is 35.2 Å². The van der Waals surface area contributed by atoms with Gasteiger partial charge in [-0.15, -0.1) is 0 Å². The second-order valence-corrected chi connectivity index (χ2v) is 12.4. The fourth-order valence-corrected chi connectivity index (χ4v) is 6.61. The molecule has 8 heteroatoms. The molecule has 0 aromatic heterocycles. The highest BCUT2D eigenvalue weighted by molar-refractivity contribution is 7.91. The molecule has 0 amide bonds. The summed E-state index contributed by atoms with van der Waals surface area (Å²) in [7, 11) is 0. The SMILES string of the molecule is [O-][S+](CCCN(CCCO)CCCCCCC1=C(c2ccccc2)CCCc2cc(O)ccc21)CCC(F)(F)F. The second-order valence-electron chi connectivity index (χ2n) is 10.7. The van der Waals surface area contributed by atoms with Crippen LogP contribution in [-0.4, -0.2) is 63.6 Å². The van der Waals surface area contributed by atoms with Gasteiger partial charge in [-0.05, 0) is 91.5 Å². The molecule has 40 heavy (non-hydrogen) atoms. The van der Waals surface area contributed by atoms with Crippen LogP contribution >= 0.6 is 0 Å². The number of unbranched alkanes of at least 4 members (excludes halogenated alkanes) is 3. The van der Waals surface area contributed by atoms with E-state index in [-0.39, 0.29) is 18.1 Å². The predicted octanol–water partition coefficient (Wildman–Crippen LogP) is 7.37. The first-order chi connectivity index (χ1) is 19.3. The fourth-order valence-electron chi connectivity index (χ4n) is 5.50. The zero-order valence-electron chi connectivity index (χ0n) is 23.4. The Bertz CT molecular complexity index is 1050. The molecule has 0 heterocycles. The van der Waals surface area contributed by atoms with Crippen molar-refractivity contribution in [2.75, 3.05) is 37.7 Å². The Morgan fingerprint density at radius 2 is 1.57 bits per heavy atom. The minimum Gasteiger partial charge on any atom is -0.616 e.